The molecular weight excluding hydrogens is 262 g/mol. The summed E-state index contributed by atoms with van der Waals surface area (Å²) in [6, 6.07) is 5.86. The molecule has 1 amide bonds. The Morgan fingerprint density at radius 3 is 2.63 bits per heavy atom. The van der Waals surface area contributed by atoms with Gasteiger partial charge in [0.1, 0.15) is 11.3 Å². The molecule has 98 valence electrons. The number of rotatable bonds is 2. The molecular formula is C12H13N5OS. The summed E-state index contributed by atoms with van der Waals surface area (Å²) >= 11 is 1.20. The molecule has 0 N–H and O–H groups in total. The van der Waals surface area contributed by atoms with Crippen LogP contribution in [0.4, 0.5) is 5.82 Å². The lowest BCUT2D eigenvalue weighted by atomic mass is 10.3. The molecule has 3 heterocycles. The Morgan fingerprint density at radius 1 is 1.16 bits per heavy atom. The maximum Gasteiger partial charge on any atom is 0.292 e. The van der Waals surface area contributed by atoms with Crippen LogP contribution in [0.25, 0.3) is 0 Å². The molecule has 0 bridgehead atoms. The molecule has 0 saturated carbocycles. The molecule has 7 heteroatoms. The lowest BCUT2D eigenvalue weighted by Gasteiger charge is -2.34. The first-order valence-corrected chi connectivity index (χ1v) is 6.90. The minimum atomic E-state index is -0.0816. The number of pyridine rings is 1. The van der Waals surface area contributed by atoms with Crippen LogP contribution in [0.2, 0.25) is 0 Å². The second-order valence-corrected chi connectivity index (χ2v) is 4.83. The van der Waals surface area contributed by atoms with Gasteiger partial charge >= 0.3 is 0 Å². The van der Waals surface area contributed by atoms with Crippen molar-refractivity contribution in [2.45, 2.75) is 0 Å². The summed E-state index contributed by atoms with van der Waals surface area (Å²) in [7, 11) is 0. The Hall–Kier alpha value is -2.02. The number of nitrogens with zero attached hydrogens (tertiary/aromatic N) is 5. The van der Waals surface area contributed by atoms with E-state index in [1.807, 2.05) is 18.2 Å². The first-order valence-electron chi connectivity index (χ1n) is 6.06. The molecule has 1 aliphatic rings. The monoisotopic (exact) mass is 275 g/mol. The number of carbonyl (C=O) groups excluding carboxylic acids is 1. The van der Waals surface area contributed by atoms with Gasteiger partial charge in [0.25, 0.3) is 5.91 Å². The Balaban J connectivity index is 1.62. The van der Waals surface area contributed by atoms with Gasteiger partial charge in [-0.3, -0.25) is 4.79 Å². The van der Waals surface area contributed by atoms with Crippen molar-refractivity contribution in [3.05, 3.63) is 35.7 Å². The molecule has 1 fully saturated rings. The van der Waals surface area contributed by atoms with Crippen LogP contribution in [0, 0.1) is 0 Å². The number of aromatic nitrogens is 3. The number of carbonyl (C=O) groups is 1. The fourth-order valence-electron chi connectivity index (χ4n) is 2.09. The van der Waals surface area contributed by atoms with E-state index in [-0.39, 0.29) is 5.91 Å². The van der Waals surface area contributed by atoms with Crippen LogP contribution in [0.15, 0.2) is 29.9 Å². The maximum absolute atomic E-state index is 12.1. The predicted molar refractivity (Wildman–Crippen MR) is 72.3 cm³/mol. The first-order chi connectivity index (χ1) is 9.34. The van der Waals surface area contributed by atoms with Gasteiger partial charge in [0, 0.05) is 32.4 Å². The molecule has 0 spiro atoms. The van der Waals surface area contributed by atoms with Crippen molar-refractivity contribution in [2.75, 3.05) is 31.1 Å². The fourth-order valence-corrected chi connectivity index (χ4v) is 2.50. The van der Waals surface area contributed by atoms with E-state index >= 15 is 0 Å². The largest absolute Gasteiger partial charge is 0.353 e. The van der Waals surface area contributed by atoms with Gasteiger partial charge < -0.3 is 9.80 Å². The zero-order valence-electron chi connectivity index (χ0n) is 10.3. The standard InChI is InChI=1S/C12H13N5OS/c18-12(11-14-9-19-15-11)17-7-5-16(6-8-17)10-3-1-2-4-13-10/h1-4,9H,5-8H2. The highest BCUT2D eigenvalue weighted by Crippen LogP contribution is 2.13. The second-order valence-electron chi connectivity index (χ2n) is 4.22. The summed E-state index contributed by atoms with van der Waals surface area (Å²) in [6.07, 6.45) is 1.78. The summed E-state index contributed by atoms with van der Waals surface area (Å²) in [5.41, 5.74) is 1.58. The van der Waals surface area contributed by atoms with E-state index in [9.17, 15) is 4.79 Å². The minimum absolute atomic E-state index is 0.0816. The molecule has 0 atom stereocenters. The van der Waals surface area contributed by atoms with Crippen molar-refractivity contribution in [2.24, 2.45) is 0 Å². The van der Waals surface area contributed by atoms with Gasteiger partial charge in [0.05, 0.1) is 0 Å². The number of amides is 1. The lowest BCUT2D eigenvalue weighted by molar-refractivity contribution is 0.0736. The van der Waals surface area contributed by atoms with E-state index < -0.39 is 0 Å². The minimum Gasteiger partial charge on any atom is -0.353 e. The van der Waals surface area contributed by atoms with Crippen LogP contribution in [0.3, 0.4) is 0 Å². The Morgan fingerprint density at radius 2 is 2.00 bits per heavy atom. The van der Waals surface area contributed by atoms with E-state index in [0.717, 1.165) is 18.9 Å². The van der Waals surface area contributed by atoms with Gasteiger partial charge in [-0.2, -0.15) is 4.37 Å². The van der Waals surface area contributed by atoms with Crippen molar-refractivity contribution < 1.29 is 4.79 Å². The van der Waals surface area contributed by atoms with Crippen LogP contribution in [0.5, 0.6) is 0 Å². The van der Waals surface area contributed by atoms with Crippen molar-refractivity contribution in [1.29, 1.82) is 0 Å². The molecule has 1 aliphatic heterocycles. The molecule has 0 aromatic carbocycles. The molecule has 19 heavy (non-hydrogen) atoms. The maximum atomic E-state index is 12.1. The first kappa shape index (κ1) is 12.0. The average Bonchev–Trinajstić information content (AvgIpc) is 3.02. The normalized spacial score (nSPS) is 15.6. The molecule has 1 saturated heterocycles. The van der Waals surface area contributed by atoms with Crippen molar-refractivity contribution in [1.82, 2.24) is 19.2 Å². The van der Waals surface area contributed by atoms with Crippen molar-refractivity contribution >= 4 is 23.3 Å². The van der Waals surface area contributed by atoms with E-state index in [0.29, 0.717) is 18.9 Å². The Bertz CT molecular complexity index is 537. The molecule has 2 aromatic heterocycles. The molecule has 3 rings (SSSR count). The highest BCUT2D eigenvalue weighted by Gasteiger charge is 2.24. The number of anilines is 1. The average molecular weight is 275 g/mol. The van der Waals surface area contributed by atoms with Crippen LogP contribution in [0.1, 0.15) is 10.6 Å². The third-order valence-corrected chi connectivity index (χ3v) is 3.57. The fraction of sp³-hybridized carbons (Fsp3) is 0.333. The van der Waals surface area contributed by atoms with Crippen LogP contribution >= 0.6 is 11.5 Å². The third kappa shape index (κ3) is 2.55. The molecule has 6 nitrogen and oxygen atoms in total. The molecule has 2 aromatic rings. The van der Waals surface area contributed by atoms with Gasteiger partial charge in [0.15, 0.2) is 0 Å². The van der Waals surface area contributed by atoms with Gasteiger partial charge in [-0.15, -0.1) is 0 Å². The van der Waals surface area contributed by atoms with Gasteiger partial charge in [-0.25, -0.2) is 9.97 Å². The van der Waals surface area contributed by atoms with Crippen LogP contribution in [-0.2, 0) is 0 Å². The van der Waals surface area contributed by atoms with Gasteiger partial charge in [-0.05, 0) is 23.7 Å². The second kappa shape index (κ2) is 5.31. The molecule has 0 radical (unpaired) electrons. The highest BCUT2D eigenvalue weighted by molar-refractivity contribution is 7.03. The van der Waals surface area contributed by atoms with Crippen LogP contribution in [-0.4, -0.2) is 51.3 Å². The van der Waals surface area contributed by atoms with Gasteiger partial charge in [-0.1, -0.05) is 6.07 Å². The number of piperazine rings is 1. The highest BCUT2D eigenvalue weighted by atomic mass is 32.1. The topological polar surface area (TPSA) is 62.2 Å². The van der Waals surface area contributed by atoms with Gasteiger partial charge in [0.2, 0.25) is 5.82 Å². The zero-order chi connectivity index (χ0) is 13.1. The SMILES string of the molecule is O=C(c1ncsn1)N1CCN(c2ccccn2)CC1. The Kier molecular flexibility index (Phi) is 3.37. The van der Waals surface area contributed by atoms with E-state index in [1.165, 1.54) is 11.5 Å². The molecule has 0 unspecified atom stereocenters. The number of hydrogen-bond donors (Lipinski definition) is 0. The van der Waals surface area contributed by atoms with Crippen molar-refractivity contribution in [3.8, 4) is 0 Å². The third-order valence-electron chi connectivity index (χ3n) is 3.09. The van der Waals surface area contributed by atoms with E-state index in [4.69, 9.17) is 0 Å². The zero-order valence-corrected chi connectivity index (χ0v) is 11.1. The lowest BCUT2D eigenvalue weighted by Crippen LogP contribution is -2.49. The number of hydrogen-bond acceptors (Lipinski definition) is 6. The summed E-state index contributed by atoms with van der Waals surface area (Å²) in [4.78, 5) is 24.3. The summed E-state index contributed by atoms with van der Waals surface area (Å²) in [6.45, 7) is 2.92. The smallest absolute Gasteiger partial charge is 0.292 e. The summed E-state index contributed by atoms with van der Waals surface area (Å²) < 4.78 is 3.98. The van der Waals surface area contributed by atoms with Crippen LogP contribution < -0.4 is 4.90 Å². The van der Waals surface area contributed by atoms with E-state index in [2.05, 4.69) is 19.2 Å². The quantitative estimate of drug-likeness (QED) is 0.814. The van der Waals surface area contributed by atoms with Crippen molar-refractivity contribution in [3.63, 3.8) is 0 Å². The Labute approximate surface area is 114 Å². The predicted octanol–water partition coefficient (Wildman–Crippen LogP) is 0.895. The summed E-state index contributed by atoms with van der Waals surface area (Å²) in [5, 5.41) is 0. The molecule has 0 aliphatic carbocycles. The summed E-state index contributed by atoms with van der Waals surface area (Å²) in [5.74, 6) is 1.18. The van der Waals surface area contributed by atoms with E-state index in [1.54, 1.807) is 16.6 Å².